The quantitative estimate of drug-likeness (QED) is 0.225. The van der Waals surface area contributed by atoms with Gasteiger partial charge in [-0.3, -0.25) is 0 Å². The molecule has 0 saturated heterocycles. The lowest BCUT2D eigenvalue weighted by molar-refractivity contribution is 1.42. The zero-order valence-corrected chi connectivity index (χ0v) is 23.5. The van der Waals surface area contributed by atoms with E-state index in [0.717, 1.165) is 0 Å². The summed E-state index contributed by atoms with van der Waals surface area (Å²) in [6.07, 6.45) is 0. The summed E-state index contributed by atoms with van der Waals surface area (Å²) in [5.74, 6) is 0. The van der Waals surface area contributed by atoms with Crippen molar-refractivity contribution in [3.63, 3.8) is 0 Å². The van der Waals surface area contributed by atoms with Crippen LogP contribution >= 0.6 is 0 Å². The van der Waals surface area contributed by atoms with Gasteiger partial charge in [-0.25, -0.2) is 0 Å². The summed E-state index contributed by atoms with van der Waals surface area (Å²) in [6.45, 7) is 0. The maximum atomic E-state index is 10.1. The van der Waals surface area contributed by atoms with Gasteiger partial charge in [0.15, 0.2) is 0 Å². The van der Waals surface area contributed by atoms with Crippen LogP contribution in [0.25, 0.3) is 44.5 Å². The molecule has 4 aromatic carbocycles. The molecule has 6 rings (SSSR count). The third-order valence-electron chi connectivity index (χ3n) is 8.00. The number of fused-ring (bicyclic) bond motifs is 4. The highest BCUT2D eigenvalue weighted by atomic mass is 14.4. The predicted octanol–water partition coefficient (Wildman–Crippen LogP) is 7.05. The summed E-state index contributed by atoms with van der Waals surface area (Å²) in [4.78, 5) is 0. The van der Waals surface area contributed by atoms with E-state index >= 15 is 0 Å². The molecule has 0 saturated carbocycles. The van der Waals surface area contributed by atoms with E-state index < -0.39 is 0 Å². The van der Waals surface area contributed by atoms with Gasteiger partial charge in [-0.2, -0.15) is 42.1 Å². The SMILES string of the molecule is N#CC(C#N)=C1C2=C(C(=C(C#N)C#N)c3cc(-c4ccc(C#N)c(C#N)c4)ccc32)c2ccc(-c3ccc(C#N)c(C#N)c3)cc21. The standard InChI is InChI=1S/C38H12N8/c39-13-25-3-1-21(9-27(25)15-41)23-5-7-31-33(11-23)35(29(17-43)18-44)38-32-8-6-24(22-2-4-26(14-40)28(10-22)16-42)12-34(32)36(37(31)38)30(19-45)20-46/h1-12H. The fraction of sp³-hybridized carbons (Fsp3) is 0. The largest absolute Gasteiger partial charge is 0.192 e. The van der Waals surface area contributed by atoms with Gasteiger partial charge in [-0.15, -0.1) is 0 Å². The van der Waals surface area contributed by atoms with Crippen LogP contribution in [0.15, 0.2) is 83.9 Å². The first-order valence-electron chi connectivity index (χ1n) is 13.5. The van der Waals surface area contributed by atoms with Gasteiger partial charge < -0.3 is 0 Å². The zero-order valence-electron chi connectivity index (χ0n) is 23.5. The average molecular weight is 581 g/mol. The van der Waals surface area contributed by atoms with Crippen molar-refractivity contribution >= 4 is 22.3 Å². The molecule has 0 aromatic heterocycles. The summed E-state index contributed by atoms with van der Waals surface area (Å²) in [5, 5.41) is 78.0. The second kappa shape index (κ2) is 11.0. The Bertz CT molecular complexity index is 2350. The van der Waals surface area contributed by atoms with Crippen LogP contribution < -0.4 is 0 Å². The molecule has 0 heterocycles. The lowest BCUT2D eigenvalue weighted by Gasteiger charge is -2.15. The van der Waals surface area contributed by atoms with Crippen molar-refractivity contribution in [2.45, 2.75) is 0 Å². The maximum absolute atomic E-state index is 10.1. The first-order chi connectivity index (χ1) is 22.5. The summed E-state index contributed by atoms with van der Waals surface area (Å²) < 4.78 is 0. The van der Waals surface area contributed by atoms with E-state index in [1.807, 2.05) is 48.6 Å². The van der Waals surface area contributed by atoms with Crippen LogP contribution in [0.4, 0.5) is 0 Å². The number of allylic oxidation sites excluding steroid dienone is 6. The molecule has 0 unspecified atom stereocenters. The van der Waals surface area contributed by atoms with Crippen LogP contribution in [0, 0.1) is 90.6 Å². The Hall–Kier alpha value is -7.98. The minimum absolute atomic E-state index is 0.154. The molecule has 46 heavy (non-hydrogen) atoms. The number of hydrogen-bond acceptors (Lipinski definition) is 8. The van der Waals surface area contributed by atoms with Gasteiger partial charge in [0, 0.05) is 22.3 Å². The highest BCUT2D eigenvalue weighted by molar-refractivity contribution is 6.38. The molecule has 0 N–H and O–H groups in total. The lowest BCUT2D eigenvalue weighted by atomic mass is 9.86. The number of nitrogens with zero attached hydrogens (tertiary/aromatic N) is 8. The van der Waals surface area contributed by atoms with Crippen LogP contribution in [0.2, 0.25) is 0 Å². The fourth-order valence-electron chi connectivity index (χ4n) is 5.98. The van der Waals surface area contributed by atoms with Crippen molar-refractivity contribution in [2.24, 2.45) is 0 Å². The minimum atomic E-state index is -0.154. The molecule has 0 spiro atoms. The number of rotatable bonds is 2. The molecule has 204 valence electrons. The topological polar surface area (TPSA) is 190 Å². The molecule has 0 amide bonds. The molecule has 0 aliphatic heterocycles. The van der Waals surface area contributed by atoms with Gasteiger partial charge in [-0.1, -0.05) is 36.4 Å². The second-order valence-electron chi connectivity index (χ2n) is 10.2. The van der Waals surface area contributed by atoms with Crippen LogP contribution in [-0.2, 0) is 0 Å². The van der Waals surface area contributed by atoms with Gasteiger partial charge in [-0.05, 0) is 80.9 Å². The normalized spacial score (nSPS) is 11.6. The van der Waals surface area contributed by atoms with E-state index in [1.54, 1.807) is 72.8 Å². The molecule has 8 nitrogen and oxygen atoms in total. The Morgan fingerprint density at radius 1 is 0.348 bits per heavy atom. The van der Waals surface area contributed by atoms with Crippen molar-refractivity contribution in [2.75, 3.05) is 0 Å². The molecule has 0 radical (unpaired) electrons. The molecule has 2 aliphatic rings. The molecule has 0 atom stereocenters. The molecule has 8 heteroatoms. The zero-order chi connectivity index (χ0) is 32.5. The first kappa shape index (κ1) is 28.2. The van der Waals surface area contributed by atoms with Gasteiger partial charge in [0.1, 0.15) is 59.7 Å². The number of nitriles is 8. The summed E-state index contributed by atoms with van der Waals surface area (Å²) >= 11 is 0. The number of benzene rings is 4. The highest BCUT2D eigenvalue weighted by Crippen LogP contribution is 2.59. The van der Waals surface area contributed by atoms with E-state index in [9.17, 15) is 42.1 Å². The van der Waals surface area contributed by atoms with E-state index in [-0.39, 0.29) is 33.4 Å². The van der Waals surface area contributed by atoms with Gasteiger partial charge >= 0.3 is 0 Å². The fourth-order valence-corrected chi connectivity index (χ4v) is 5.98. The van der Waals surface area contributed by atoms with Crippen molar-refractivity contribution in [3.8, 4) is 70.8 Å². The van der Waals surface area contributed by atoms with Gasteiger partial charge in [0.2, 0.25) is 0 Å². The Kier molecular flexibility index (Phi) is 6.74. The third-order valence-corrected chi connectivity index (χ3v) is 8.00. The first-order valence-corrected chi connectivity index (χ1v) is 13.5. The van der Waals surface area contributed by atoms with Crippen LogP contribution in [0.5, 0.6) is 0 Å². The Balaban J connectivity index is 1.62. The molecular formula is C38H12N8. The summed E-state index contributed by atoms with van der Waals surface area (Å²) in [7, 11) is 0. The number of hydrogen-bond donors (Lipinski definition) is 0. The minimum Gasteiger partial charge on any atom is -0.192 e. The van der Waals surface area contributed by atoms with Crippen molar-refractivity contribution < 1.29 is 0 Å². The van der Waals surface area contributed by atoms with E-state index in [0.29, 0.717) is 66.8 Å². The van der Waals surface area contributed by atoms with Gasteiger partial charge in [0.05, 0.1) is 22.3 Å². The van der Waals surface area contributed by atoms with Crippen LogP contribution in [-0.4, -0.2) is 0 Å². The van der Waals surface area contributed by atoms with Crippen LogP contribution in [0.1, 0.15) is 44.5 Å². The molecule has 2 aliphatic carbocycles. The second-order valence-corrected chi connectivity index (χ2v) is 10.2. The molecule has 0 bridgehead atoms. The van der Waals surface area contributed by atoms with Crippen molar-refractivity contribution in [1.29, 1.82) is 42.1 Å². The lowest BCUT2D eigenvalue weighted by Crippen LogP contribution is -1.97. The predicted molar refractivity (Wildman–Crippen MR) is 166 cm³/mol. The summed E-state index contributed by atoms with van der Waals surface area (Å²) in [5.41, 5.74) is 7.35. The Morgan fingerprint density at radius 3 is 1.00 bits per heavy atom. The average Bonchev–Trinajstić information content (AvgIpc) is 3.61. The van der Waals surface area contributed by atoms with Crippen molar-refractivity contribution in [3.05, 3.63) is 128 Å². The summed E-state index contributed by atoms with van der Waals surface area (Å²) in [6, 6.07) is 36.6. The van der Waals surface area contributed by atoms with Crippen molar-refractivity contribution in [1.82, 2.24) is 0 Å². The molecular weight excluding hydrogens is 568 g/mol. The molecule has 4 aromatic rings. The van der Waals surface area contributed by atoms with E-state index in [4.69, 9.17) is 0 Å². The Labute approximate surface area is 263 Å². The maximum Gasteiger partial charge on any atom is 0.138 e. The van der Waals surface area contributed by atoms with Crippen LogP contribution in [0.3, 0.4) is 0 Å². The van der Waals surface area contributed by atoms with E-state index in [2.05, 4.69) is 0 Å². The smallest absolute Gasteiger partial charge is 0.138 e. The van der Waals surface area contributed by atoms with E-state index in [1.165, 1.54) is 0 Å². The third kappa shape index (κ3) is 4.08. The Morgan fingerprint density at radius 2 is 0.674 bits per heavy atom. The monoisotopic (exact) mass is 580 g/mol. The highest BCUT2D eigenvalue weighted by Gasteiger charge is 2.40. The molecule has 0 fully saturated rings. The van der Waals surface area contributed by atoms with Gasteiger partial charge in [0.25, 0.3) is 0 Å².